The molecule has 0 heterocycles. The normalized spacial score (nSPS) is 35.5. The van der Waals surface area contributed by atoms with Crippen LogP contribution in [0.5, 0.6) is 5.75 Å². The van der Waals surface area contributed by atoms with Gasteiger partial charge in [-0.1, -0.05) is 32.1 Å². The number of methoxy groups -OCH3 is 1. The number of benzene rings is 1. The highest BCUT2D eigenvalue weighted by molar-refractivity contribution is 5.87. The van der Waals surface area contributed by atoms with Gasteiger partial charge in [0, 0.05) is 11.5 Å². The van der Waals surface area contributed by atoms with Gasteiger partial charge in [-0.3, -0.25) is 4.79 Å². The molecule has 1 unspecified atom stereocenters. The van der Waals surface area contributed by atoms with Crippen molar-refractivity contribution in [3.05, 3.63) is 53.1 Å². The molecule has 1 amide bonds. The number of fused-ring (bicyclic) bond motifs is 5. The summed E-state index contributed by atoms with van der Waals surface area (Å²) in [5.41, 5.74) is 2.41. The van der Waals surface area contributed by atoms with Gasteiger partial charge in [0.15, 0.2) is 0 Å². The summed E-state index contributed by atoms with van der Waals surface area (Å²) < 4.78 is 5.41. The van der Waals surface area contributed by atoms with E-state index in [-0.39, 0.29) is 22.7 Å². The summed E-state index contributed by atoms with van der Waals surface area (Å²) in [5, 5.41) is 12.9. The summed E-state index contributed by atoms with van der Waals surface area (Å²) >= 11 is 0. The molecule has 4 aliphatic carbocycles. The van der Waals surface area contributed by atoms with E-state index in [1.807, 2.05) is 30.3 Å². The number of ether oxygens (including phenoxy) is 1. The van der Waals surface area contributed by atoms with E-state index in [2.05, 4.69) is 39.1 Å². The van der Waals surface area contributed by atoms with Crippen LogP contribution in [-0.2, 0) is 15.1 Å². The summed E-state index contributed by atoms with van der Waals surface area (Å²) in [6.07, 6.45) is 11.1. The highest BCUT2D eigenvalue weighted by Crippen LogP contribution is 2.66. The zero-order valence-electron chi connectivity index (χ0n) is 22.4. The fourth-order valence-corrected chi connectivity index (χ4v) is 8.40. The van der Waals surface area contributed by atoms with Gasteiger partial charge in [0.05, 0.1) is 12.6 Å². The molecule has 194 valence electrons. The van der Waals surface area contributed by atoms with Crippen LogP contribution in [0.4, 0.5) is 0 Å². The summed E-state index contributed by atoms with van der Waals surface area (Å²) in [6.45, 7) is 8.88. The minimum absolute atomic E-state index is 0.00808. The maximum atomic E-state index is 13.8. The topological polar surface area (TPSA) is 75.6 Å². The Balaban J connectivity index is 1.36. The zero-order chi connectivity index (χ0) is 25.9. The number of carbonyl (C=O) groups is 2. The quantitative estimate of drug-likeness (QED) is 0.511. The van der Waals surface area contributed by atoms with Crippen molar-refractivity contribution in [2.45, 2.75) is 78.2 Å². The van der Waals surface area contributed by atoms with Crippen LogP contribution in [0.25, 0.3) is 0 Å². The Hall–Kier alpha value is -2.56. The second-order valence-corrected chi connectivity index (χ2v) is 12.7. The summed E-state index contributed by atoms with van der Waals surface area (Å²) in [6, 6.07) is 7.96. The first-order chi connectivity index (χ1) is 17.0. The Kier molecular flexibility index (Phi) is 6.12. The van der Waals surface area contributed by atoms with Crippen molar-refractivity contribution < 1.29 is 19.4 Å². The second kappa shape index (κ2) is 8.78. The maximum Gasteiger partial charge on any atom is 0.331 e. The molecule has 2 fully saturated rings. The third-order valence-electron chi connectivity index (χ3n) is 10.6. The molecule has 0 saturated heterocycles. The minimum atomic E-state index is -0.780. The summed E-state index contributed by atoms with van der Waals surface area (Å²) in [4.78, 5) is 25.4. The molecule has 2 saturated carbocycles. The number of hydrogen-bond donors (Lipinski definition) is 2. The van der Waals surface area contributed by atoms with Crippen molar-refractivity contribution in [3.63, 3.8) is 0 Å². The number of allylic oxidation sites excluding steroid dienone is 3. The van der Waals surface area contributed by atoms with Crippen LogP contribution in [0.2, 0.25) is 0 Å². The lowest BCUT2D eigenvalue weighted by atomic mass is 9.48. The molecule has 4 aliphatic rings. The standard InChI is InChI=1S/C31H41NO4/c1-29(2,20-7-6-8-22(18-20)36-5)32-27(33)26-12-11-24-23-10-9-21-17-19(28(34)35)13-15-30(21,3)25(23)14-16-31(24,26)4/h6-9,17-18,23-26H,10-16H2,1-5H3,(H,32,33)(H,34,35)/t23-,24-,25-,26?,30-,31-/m0/s1. The van der Waals surface area contributed by atoms with E-state index in [9.17, 15) is 14.7 Å². The van der Waals surface area contributed by atoms with Gasteiger partial charge in [-0.15, -0.1) is 0 Å². The molecule has 0 spiro atoms. The number of amides is 1. The fraction of sp³-hybridized carbons (Fsp3) is 0.613. The Bertz CT molecular complexity index is 1130. The first-order valence-corrected chi connectivity index (χ1v) is 13.6. The van der Waals surface area contributed by atoms with Crippen LogP contribution in [-0.4, -0.2) is 24.1 Å². The van der Waals surface area contributed by atoms with Crippen LogP contribution in [0.3, 0.4) is 0 Å². The van der Waals surface area contributed by atoms with Gasteiger partial charge in [-0.2, -0.15) is 0 Å². The molecule has 1 aromatic carbocycles. The molecule has 5 rings (SSSR count). The van der Waals surface area contributed by atoms with Crippen LogP contribution < -0.4 is 10.1 Å². The maximum absolute atomic E-state index is 13.8. The van der Waals surface area contributed by atoms with E-state index in [0.29, 0.717) is 29.7 Å². The van der Waals surface area contributed by atoms with E-state index in [4.69, 9.17) is 4.74 Å². The van der Waals surface area contributed by atoms with Crippen LogP contribution in [0.15, 0.2) is 47.6 Å². The number of carboxylic acids is 1. The SMILES string of the molecule is COc1cccc(C(C)(C)NC(=O)C2CC[C@H]3[C@@H]4CC=C5C=C(C(=O)O)CC[C@]5(C)[C@H]4CC[C@]23C)c1. The zero-order valence-corrected chi connectivity index (χ0v) is 22.4. The number of aliphatic carboxylic acids is 1. The molecule has 0 bridgehead atoms. The van der Waals surface area contributed by atoms with Gasteiger partial charge in [0.2, 0.25) is 5.91 Å². The van der Waals surface area contributed by atoms with Crippen LogP contribution in [0, 0.1) is 34.5 Å². The van der Waals surface area contributed by atoms with E-state index in [1.165, 1.54) is 5.57 Å². The van der Waals surface area contributed by atoms with Gasteiger partial charge >= 0.3 is 5.97 Å². The Morgan fingerprint density at radius 3 is 2.61 bits per heavy atom. The predicted molar refractivity (Wildman–Crippen MR) is 140 cm³/mol. The Morgan fingerprint density at radius 2 is 1.89 bits per heavy atom. The van der Waals surface area contributed by atoms with E-state index >= 15 is 0 Å². The Labute approximate surface area is 215 Å². The molecular weight excluding hydrogens is 450 g/mol. The third kappa shape index (κ3) is 3.90. The fourth-order valence-electron chi connectivity index (χ4n) is 8.40. The molecular formula is C31H41NO4. The number of nitrogens with one attached hydrogen (secondary N) is 1. The largest absolute Gasteiger partial charge is 0.497 e. The first-order valence-electron chi connectivity index (χ1n) is 13.6. The molecule has 5 heteroatoms. The van der Waals surface area contributed by atoms with Gasteiger partial charge < -0.3 is 15.2 Å². The van der Waals surface area contributed by atoms with Gasteiger partial charge in [-0.05, 0) is 117 Å². The predicted octanol–water partition coefficient (Wildman–Crippen LogP) is 6.25. The van der Waals surface area contributed by atoms with Crippen LogP contribution >= 0.6 is 0 Å². The average molecular weight is 492 g/mol. The number of hydrogen-bond acceptors (Lipinski definition) is 3. The number of rotatable bonds is 5. The van der Waals surface area contributed by atoms with Gasteiger partial charge in [0.1, 0.15) is 5.75 Å². The Morgan fingerprint density at radius 1 is 1.11 bits per heavy atom. The van der Waals surface area contributed by atoms with Crippen molar-refractivity contribution in [3.8, 4) is 5.75 Å². The van der Waals surface area contributed by atoms with Crippen molar-refractivity contribution >= 4 is 11.9 Å². The van der Waals surface area contributed by atoms with Gasteiger partial charge in [-0.25, -0.2) is 4.79 Å². The molecule has 6 atom stereocenters. The molecule has 0 radical (unpaired) electrons. The smallest absolute Gasteiger partial charge is 0.331 e. The highest BCUT2D eigenvalue weighted by atomic mass is 16.5. The number of carboxylic acid groups (broad SMARTS) is 1. The van der Waals surface area contributed by atoms with E-state index in [1.54, 1.807) is 7.11 Å². The van der Waals surface area contributed by atoms with Crippen molar-refractivity contribution in [1.29, 1.82) is 0 Å². The highest BCUT2D eigenvalue weighted by Gasteiger charge is 2.59. The first kappa shape index (κ1) is 25.1. The van der Waals surface area contributed by atoms with Crippen molar-refractivity contribution in [2.24, 2.45) is 34.5 Å². The molecule has 36 heavy (non-hydrogen) atoms. The third-order valence-corrected chi connectivity index (χ3v) is 10.6. The monoisotopic (exact) mass is 491 g/mol. The summed E-state index contributed by atoms with van der Waals surface area (Å²) in [7, 11) is 1.67. The molecule has 5 nitrogen and oxygen atoms in total. The van der Waals surface area contributed by atoms with E-state index in [0.717, 1.165) is 49.8 Å². The van der Waals surface area contributed by atoms with E-state index < -0.39 is 11.5 Å². The van der Waals surface area contributed by atoms with Crippen molar-refractivity contribution in [1.82, 2.24) is 5.32 Å². The molecule has 0 aromatic heterocycles. The van der Waals surface area contributed by atoms with Crippen LogP contribution in [0.1, 0.15) is 78.2 Å². The molecule has 2 N–H and O–H groups in total. The van der Waals surface area contributed by atoms with Crippen molar-refractivity contribution in [2.75, 3.05) is 7.11 Å². The summed E-state index contributed by atoms with van der Waals surface area (Å²) in [5.74, 6) is 1.89. The molecule has 0 aliphatic heterocycles. The average Bonchev–Trinajstić information content (AvgIpc) is 3.20. The lowest BCUT2D eigenvalue weighted by Gasteiger charge is -2.57. The minimum Gasteiger partial charge on any atom is -0.497 e. The number of carbonyl (C=O) groups excluding carboxylic acids is 1. The second-order valence-electron chi connectivity index (χ2n) is 12.7. The van der Waals surface area contributed by atoms with Gasteiger partial charge in [0.25, 0.3) is 0 Å². The lowest BCUT2D eigenvalue weighted by Crippen LogP contribution is -2.52. The lowest BCUT2D eigenvalue weighted by molar-refractivity contribution is -0.133. The molecule has 1 aromatic rings.